The summed E-state index contributed by atoms with van der Waals surface area (Å²) in [4.78, 5) is 24.9. The van der Waals surface area contributed by atoms with Gasteiger partial charge in [-0.15, -0.1) is 0 Å². The number of carbonyl (C=O) groups excluding carboxylic acids is 2. The Labute approximate surface area is 119 Å². The second-order valence-corrected chi connectivity index (χ2v) is 5.32. The Bertz CT molecular complexity index is 477. The van der Waals surface area contributed by atoms with E-state index in [9.17, 15) is 9.59 Å². The van der Waals surface area contributed by atoms with Crippen LogP contribution in [0, 0.1) is 0 Å². The summed E-state index contributed by atoms with van der Waals surface area (Å²) in [7, 11) is 3.28. The molecule has 0 saturated heterocycles. The number of nitrogens with zero attached hydrogens (tertiary/aromatic N) is 1. The first-order valence-corrected chi connectivity index (χ1v) is 6.47. The molecular formula is C12H14BrClN2O2. The SMILES string of the molecule is CC(NC(=O)c1ccc(Br)c(Cl)c1)C(=O)N(C)C. The average molecular weight is 334 g/mol. The monoisotopic (exact) mass is 332 g/mol. The molecule has 0 saturated carbocycles. The van der Waals surface area contributed by atoms with Gasteiger partial charge in [0.2, 0.25) is 5.91 Å². The van der Waals surface area contributed by atoms with Gasteiger partial charge in [-0.1, -0.05) is 11.6 Å². The number of amides is 2. The summed E-state index contributed by atoms with van der Waals surface area (Å²) >= 11 is 9.15. The highest BCUT2D eigenvalue weighted by molar-refractivity contribution is 9.10. The third-order valence-corrected chi connectivity index (χ3v) is 3.57. The van der Waals surface area contributed by atoms with Gasteiger partial charge in [-0.2, -0.15) is 0 Å². The maximum absolute atomic E-state index is 11.9. The molecule has 1 atom stereocenters. The minimum absolute atomic E-state index is 0.161. The number of rotatable bonds is 3. The van der Waals surface area contributed by atoms with Gasteiger partial charge in [0.05, 0.1) is 5.02 Å². The number of likely N-dealkylation sites (N-methyl/N-ethyl adjacent to an activating group) is 1. The lowest BCUT2D eigenvalue weighted by Gasteiger charge is -2.18. The summed E-state index contributed by atoms with van der Waals surface area (Å²) in [5, 5.41) is 3.07. The zero-order valence-corrected chi connectivity index (χ0v) is 12.7. The molecule has 1 N–H and O–H groups in total. The molecule has 0 aliphatic carbocycles. The maximum Gasteiger partial charge on any atom is 0.251 e. The van der Waals surface area contributed by atoms with Crippen molar-refractivity contribution in [1.29, 1.82) is 0 Å². The van der Waals surface area contributed by atoms with E-state index in [1.165, 1.54) is 4.90 Å². The highest BCUT2D eigenvalue weighted by atomic mass is 79.9. The number of halogens is 2. The van der Waals surface area contributed by atoms with Crippen molar-refractivity contribution in [2.24, 2.45) is 0 Å². The highest BCUT2D eigenvalue weighted by Crippen LogP contribution is 2.23. The van der Waals surface area contributed by atoms with E-state index in [-0.39, 0.29) is 11.8 Å². The predicted molar refractivity (Wildman–Crippen MR) is 74.8 cm³/mol. The molecule has 2 amide bonds. The zero-order chi connectivity index (χ0) is 13.9. The molecule has 1 unspecified atom stereocenters. The van der Waals surface area contributed by atoms with Crippen LogP contribution in [0.25, 0.3) is 0 Å². The predicted octanol–water partition coefficient (Wildman–Crippen LogP) is 2.31. The lowest BCUT2D eigenvalue weighted by Crippen LogP contribution is -2.44. The number of benzene rings is 1. The normalized spacial score (nSPS) is 11.8. The van der Waals surface area contributed by atoms with Gasteiger partial charge in [-0.05, 0) is 41.1 Å². The van der Waals surface area contributed by atoms with Crippen LogP contribution in [0.5, 0.6) is 0 Å². The molecule has 0 aromatic heterocycles. The molecule has 0 bridgehead atoms. The Kier molecular flexibility index (Phi) is 5.16. The molecule has 0 radical (unpaired) electrons. The maximum atomic E-state index is 11.9. The summed E-state index contributed by atoms with van der Waals surface area (Å²) in [6.07, 6.45) is 0. The summed E-state index contributed by atoms with van der Waals surface area (Å²) in [6, 6.07) is 4.30. The fraction of sp³-hybridized carbons (Fsp3) is 0.333. The van der Waals surface area contributed by atoms with Gasteiger partial charge in [0.1, 0.15) is 6.04 Å². The quantitative estimate of drug-likeness (QED) is 0.923. The largest absolute Gasteiger partial charge is 0.347 e. The van der Waals surface area contributed by atoms with Crippen molar-refractivity contribution in [2.75, 3.05) is 14.1 Å². The van der Waals surface area contributed by atoms with Crippen molar-refractivity contribution >= 4 is 39.3 Å². The summed E-state index contributed by atoms with van der Waals surface area (Å²) in [5.41, 5.74) is 0.418. The molecule has 0 aliphatic heterocycles. The fourth-order valence-electron chi connectivity index (χ4n) is 1.37. The van der Waals surface area contributed by atoms with Gasteiger partial charge in [-0.25, -0.2) is 0 Å². The Balaban J connectivity index is 2.76. The van der Waals surface area contributed by atoms with E-state index >= 15 is 0 Å². The molecule has 0 spiro atoms. The first-order valence-electron chi connectivity index (χ1n) is 5.30. The van der Waals surface area contributed by atoms with Crippen molar-refractivity contribution < 1.29 is 9.59 Å². The lowest BCUT2D eigenvalue weighted by molar-refractivity contribution is -0.130. The Hall–Kier alpha value is -1.07. The van der Waals surface area contributed by atoms with Gasteiger partial charge in [0.15, 0.2) is 0 Å². The van der Waals surface area contributed by atoms with E-state index in [2.05, 4.69) is 21.2 Å². The molecule has 98 valence electrons. The summed E-state index contributed by atoms with van der Waals surface area (Å²) in [5.74, 6) is -0.487. The topological polar surface area (TPSA) is 49.4 Å². The van der Waals surface area contributed by atoms with E-state index in [0.717, 1.165) is 4.47 Å². The van der Waals surface area contributed by atoms with Gasteiger partial charge >= 0.3 is 0 Å². The van der Waals surface area contributed by atoms with E-state index < -0.39 is 6.04 Å². The molecular weight excluding hydrogens is 320 g/mol. The van der Waals surface area contributed by atoms with Crippen LogP contribution >= 0.6 is 27.5 Å². The molecule has 1 aromatic rings. The van der Waals surface area contributed by atoms with Crippen molar-refractivity contribution in [1.82, 2.24) is 10.2 Å². The second-order valence-electron chi connectivity index (χ2n) is 4.06. The van der Waals surface area contributed by atoms with E-state index in [4.69, 9.17) is 11.6 Å². The fourth-order valence-corrected chi connectivity index (χ4v) is 1.79. The number of nitrogens with one attached hydrogen (secondary N) is 1. The standard InChI is InChI=1S/C12H14BrClN2O2/c1-7(12(18)16(2)3)15-11(17)8-4-5-9(13)10(14)6-8/h4-7H,1-3H3,(H,15,17). The molecule has 0 fully saturated rings. The Morgan fingerprint density at radius 3 is 2.50 bits per heavy atom. The van der Waals surface area contributed by atoms with Crippen LogP contribution in [-0.4, -0.2) is 36.9 Å². The van der Waals surface area contributed by atoms with Crippen LogP contribution in [0.15, 0.2) is 22.7 Å². The third kappa shape index (κ3) is 3.71. The van der Waals surface area contributed by atoms with Crippen molar-refractivity contribution in [2.45, 2.75) is 13.0 Å². The van der Waals surface area contributed by atoms with Gasteiger partial charge in [0, 0.05) is 24.1 Å². The molecule has 18 heavy (non-hydrogen) atoms. The van der Waals surface area contributed by atoms with Crippen LogP contribution in [-0.2, 0) is 4.79 Å². The summed E-state index contributed by atoms with van der Waals surface area (Å²) in [6.45, 7) is 1.64. The Morgan fingerprint density at radius 2 is 2.00 bits per heavy atom. The van der Waals surface area contributed by atoms with Crippen LogP contribution < -0.4 is 5.32 Å². The highest BCUT2D eigenvalue weighted by Gasteiger charge is 2.18. The van der Waals surface area contributed by atoms with Gasteiger partial charge < -0.3 is 10.2 Å². The van der Waals surface area contributed by atoms with Gasteiger partial charge in [0.25, 0.3) is 5.91 Å². The first kappa shape index (κ1) is 15.0. The molecule has 4 nitrogen and oxygen atoms in total. The van der Waals surface area contributed by atoms with Crippen molar-refractivity contribution in [3.05, 3.63) is 33.3 Å². The van der Waals surface area contributed by atoms with Crippen LogP contribution in [0.4, 0.5) is 0 Å². The molecule has 1 rings (SSSR count). The first-order chi connectivity index (χ1) is 8.32. The number of hydrogen-bond acceptors (Lipinski definition) is 2. The minimum atomic E-state index is -0.574. The minimum Gasteiger partial charge on any atom is -0.347 e. The molecule has 6 heteroatoms. The van der Waals surface area contributed by atoms with Crippen LogP contribution in [0.1, 0.15) is 17.3 Å². The Morgan fingerprint density at radius 1 is 1.39 bits per heavy atom. The van der Waals surface area contributed by atoms with E-state index in [1.807, 2.05) is 0 Å². The molecule has 1 aromatic carbocycles. The zero-order valence-electron chi connectivity index (χ0n) is 10.3. The smallest absolute Gasteiger partial charge is 0.251 e. The number of hydrogen-bond donors (Lipinski definition) is 1. The third-order valence-electron chi connectivity index (χ3n) is 2.34. The van der Waals surface area contributed by atoms with Crippen molar-refractivity contribution in [3.8, 4) is 0 Å². The van der Waals surface area contributed by atoms with Crippen LogP contribution in [0.2, 0.25) is 5.02 Å². The summed E-state index contributed by atoms with van der Waals surface area (Å²) < 4.78 is 0.720. The van der Waals surface area contributed by atoms with E-state index in [1.54, 1.807) is 39.2 Å². The average Bonchev–Trinajstić information content (AvgIpc) is 2.31. The van der Waals surface area contributed by atoms with Crippen molar-refractivity contribution in [3.63, 3.8) is 0 Å². The molecule has 0 heterocycles. The second kappa shape index (κ2) is 6.20. The lowest BCUT2D eigenvalue weighted by atomic mass is 10.2. The molecule has 0 aliphatic rings. The van der Waals surface area contributed by atoms with E-state index in [0.29, 0.717) is 10.6 Å². The number of carbonyl (C=O) groups is 2. The van der Waals surface area contributed by atoms with Gasteiger partial charge in [-0.3, -0.25) is 9.59 Å². The van der Waals surface area contributed by atoms with Crippen LogP contribution in [0.3, 0.4) is 0 Å².